The summed E-state index contributed by atoms with van der Waals surface area (Å²) in [5, 5.41) is 3.29. The summed E-state index contributed by atoms with van der Waals surface area (Å²) < 4.78 is 45.1. The van der Waals surface area contributed by atoms with Gasteiger partial charge in [-0.25, -0.2) is 13.2 Å². The van der Waals surface area contributed by atoms with E-state index < -0.39 is 17.5 Å². The Bertz CT molecular complexity index is 706. The first-order valence-corrected chi connectivity index (χ1v) is 6.75. The molecule has 0 amide bonds. The number of ether oxygens (including phenoxy) is 1. The molecule has 0 bridgehead atoms. The van der Waals surface area contributed by atoms with Crippen molar-refractivity contribution in [3.63, 3.8) is 0 Å². The van der Waals surface area contributed by atoms with Crippen LogP contribution in [0.15, 0.2) is 24.3 Å². The van der Waals surface area contributed by atoms with E-state index in [0.29, 0.717) is 11.6 Å². The Kier molecular flexibility index (Phi) is 3.68. The lowest BCUT2D eigenvalue weighted by atomic mass is 10.1. The van der Waals surface area contributed by atoms with Gasteiger partial charge in [0.25, 0.3) is 0 Å². The number of fused-ring (bicyclic) bond motifs is 1. The topological polar surface area (TPSA) is 21.3 Å². The molecule has 1 aliphatic heterocycles. The molecule has 110 valence electrons. The van der Waals surface area contributed by atoms with Gasteiger partial charge in [-0.05, 0) is 29.8 Å². The molecule has 2 nitrogen and oxygen atoms in total. The Labute approximate surface area is 124 Å². The predicted octanol–water partition coefficient (Wildman–Crippen LogP) is 4.30. The number of nitrogens with one attached hydrogen (secondary N) is 1. The van der Waals surface area contributed by atoms with Crippen molar-refractivity contribution in [2.24, 2.45) is 0 Å². The van der Waals surface area contributed by atoms with E-state index in [1.807, 2.05) is 6.07 Å². The minimum atomic E-state index is -1.49. The van der Waals surface area contributed by atoms with Gasteiger partial charge in [0.1, 0.15) is 5.75 Å². The van der Waals surface area contributed by atoms with Gasteiger partial charge in [-0.15, -0.1) is 0 Å². The minimum absolute atomic E-state index is 0.111. The highest BCUT2D eigenvalue weighted by atomic mass is 35.5. The molecular formula is C15H11ClF3NO. The summed E-state index contributed by atoms with van der Waals surface area (Å²) in [4.78, 5) is 0. The largest absolute Gasteiger partial charge is 0.493 e. The summed E-state index contributed by atoms with van der Waals surface area (Å²) in [5.74, 6) is -3.23. The van der Waals surface area contributed by atoms with Gasteiger partial charge in [0.2, 0.25) is 0 Å². The molecule has 1 N–H and O–H groups in total. The molecule has 0 saturated heterocycles. The molecule has 0 saturated carbocycles. The van der Waals surface area contributed by atoms with Gasteiger partial charge >= 0.3 is 0 Å². The zero-order valence-electron chi connectivity index (χ0n) is 10.9. The van der Waals surface area contributed by atoms with Gasteiger partial charge in [-0.1, -0.05) is 11.6 Å². The monoisotopic (exact) mass is 313 g/mol. The lowest BCUT2D eigenvalue weighted by Gasteiger charge is -2.12. The Hall–Kier alpha value is -1.88. The molecule has 21 heavy (non-hydrogen) atoms. The molecule has 2 aromatic carbocycles. The standard InChI is InChI=1S/C15H11ClF3NO/c16-10-5-8-3-4-21-15(8)9(6-10)7-20-12-2-1-11(17)13(18)14(12)19/h1-2,5-6,20H,3-4,7H2. The van der Waals surface area contributed by atoms with Gasteiger partial charge in [-0.3, -0.25) is 0 Å². The van der Waals surface area contributed by atoms with Crippen LogP contribution in [0.3, 0.4) is 0 Å². The van der Waals surface area contributed by atoms with E-state index in [1.165, 1.54) is 0 Å². The average Bonchev–Trinajstić information content (AvgIpc) is 2.92. The molecule has 1 aliphatic rings. The normalized spacial score (nSPS) is 13.0. The van der Waals surface area contributed by atoms with Crippen LogP contribution in [0.1, 0.15) is 11.1 Å². The van der Waals surface area contributed by atoms with Crippen molar-refractivity contribution < 1.29 is 17.9 Å². The third-order valence-corrected chi connectivity index (χ3v) is 3.55. The maximum absolute atomic E-state index is 13.6. The highest BCUT2D eigenvalue weighted by Crippen LogP contribution is 2.33. The molecule has 6 heteroatoms. The van der Waals surface area contributed by atoms with Crippen LogP contribution in [0.4, 0.5) is 18.9 Å². The average molecular weight is 314 g/mol. The number of rotatable bonds is 3. The Morgan fingerprint density at radius 2 is 1.95 bits per heavy atom. The second kappa shape index (κ2) is 5.48. The quantitative estimate of drug-likeness (QED) is 0.853. The van der Waals surface area contributed by atoms with Crippen molar-refractivity contribution in [1.29, 1.82) is 0 Å². The van der Waals surface area contributed by atoms with E-state index in [1.54, 1.807) is 6.07 Å². The first kappa shape index (κ1) is 14.1. The lowest BCUT2D eigenvalue weighted by molar-refractivity contribution is 0.354. The molecule has 0 unspecified atom stereocenters. The number of hydrogen-bond donors (Lipinski definition) is 1. The Balaban J connectivity index is 1.85. The predicted molar refractivity (Wildman–Crippen MR) is 74.3 cm³/mol. The fourth-order valence-corrected chi connectivity index (χ4v) is 2.59. The van der Waals surface area contributed by atoms with E-state index >= 15 is 0 Å². The Morgan fingerprint density at radius 3 is 2.76 bits per heavy atom. The summed E-state index contributed by atoms with van der Waals surface area (Å²) in [6, 6.07) is 5.56. The summed E-state index contributed by atoms with van der Waals surface area (Å²) in [6.07, 6.45) is 0.766. The second-order valence-electron chi connectivity index (χ2n) is 4.73. The van der Waals surface area contributed by atoms with E-state index in [9.17, 15) is 13.2 Å². The van der Waals surface area contributed by atoms with E-state index in [2.05, 4.69) is 5.32 Å². The van der Waals surface area contributed by atoms with Crippen molar-refractivity contribution >= 4 is 17.3 Å². The molecule has 3 rings (SSSR count). The number of benzene rings is 2. The summed E-state index contributed by atoms with van der Waals surface area (Å²) >= 11 is 6.02. The lowest BCUT2D eigenvalue weighted by Crippen LogP contribution is -2.05. The van der Waals surface area contributed by atoms with Crippen molar-refractivity contribution in [2.45, 2.75) is 13.0 Å². The van der Waals surface area contributed by atoms with Gasteiger partial charge in [0.15, 0.2) is 17.5 Å². The molecule has 2 aromatic rings. The van der Waals surface area contributed by atoms with Crippen molar-refractivity contribution in [3.8, 4) is 5.75 Å². The third kappa shape index (κ3) is 2.65. The molecule has 0 spiro atoms. The maximum atomic E-state index is 13.6. The highest BCUT2D eigenvalue weighted by Gasteiger charge is 2.18. The van der Waals surface area contributed by atoms with E-state index in [-0.39, 0.29) is 12.2 Å². The van der Waals surface area contributed by atoms with Crippen molar-refractivity contribution in [3.05, 3.63) is 57.9 Å². The van der Waals surface area contributed by atoms with Crippen LogP contribution in [0.2, 0.25) is 5.02 Å². The Morgan fingerprint density at radius 1 is 1.14 bits per heavy atom. The van der Waals surface area contributed by atoms with Crippen LogP contribution in [0.25, 0.3) is 0 Å². The number of hydrogen-bond acceptors (Lipinski definition) is 2. The summed E-state index contributed by atoms with van der Waals surface area (Å²) in [6.45, 7) is 0.771. The fourth-order valence-electron chi connectivity index (χ4n) is 2.33. The van der Waals surface area contributed by atoms with Crippen molar-refractivity contribution in [1.82, 2.24) is 0 Å². The van der Waals surface area contributed by atoms with Crippen LogP contribution in [-0.2, 0) is 13.0 Å². The third-order valence-electron chi connectivity index (χ3n) is 3.33. The SMILES string of the molecule is Fc1ccc(NCc2cc(Cl)cc3c2OCC3)c(F)c1F. The van der Waals surface area contributed by atoms with Crippen LogP contribution in [-0.4, -0.2) is 6.61 Å². The minimum Gasteiger partial charge on any atom is -0.493 e. The van der Waals surface area contributed by atoms with E-state index in [4.69, 9.17) is 16.3 Å². The molecule has 1 heterocycles. The second-order valence-corrected chi connectivity index (χ2v) is 5.16. The first-order chi connectivity index (χ1) is 10.1. The molecule has 0 atom stereocenters. The van der Waals surface area contributed by atoms with Gasteiger partial charge in [-0.2, -0.15) is 0 Å². The number of halogens is 4. The van der Waals surface area contributed by atoms with Crippen LogP contribution >= 0.6 is 11.6 Å². The van der Waals surface area contributed by atoms with Crippen LogP contribution < -0.4 is 10.1 Å². The van der Waals surface area contributed by atoms with Gasteiger partial charge in [0.05, 0.1) is 12.3 Å². The van der Waals surface area contributed by atoms with E-state index in [0.717, 1.165) is 35.4 Å². The zero-order chi connectivity index (χ0) is 15.0. The molecular weight excluding hydrogens is 303 g/mol. The smallest absolute Gasteiger partial charge is 0.196 e. The molecule has 0 aromatic heterocycles. The summed E-state index contributed by atoms with van der Waals surface area (Å²) in [7, 11) is 0. The highest BCUT2D eigenvalue weighted by molar-refractivity contribution is 6.30. The zero-order valence-corrected chi connectivity index (χ0v) is 11.6. The molecule has 0 radical (unpaired) electrons. The fraction of sp³-hybridized carbons (Fsp3) is 0.200. The maximum Gasteiger partial charge on any atom is 0.196 e. The molecule has 0 fully saturated rings. The van der Waals surface area contributed by atoms with Gasteiger partial charge < -0.3 is 10.1 Å². The molecule has 0 aliphatic carbocycles. The van der Waals surface area contributed by atoms with Crippen LogP contribution in [0.5, 0.6) is 5.75 Å². The van der Waals surface area contributed by atoms with Crippen LogP contribution in [0, 0.1) is 17.5 Å². The van der Waals surface area contributed by atoms with Crippen molar-refractivity contribution in [2.75, 3.05) is 11.9 Å². The van der Waals surface area contributed by atoms with Gasteiger partial charge in [0, 0.05) is 23.6 Å². The number of anilines is 1. The summed E-state index contributed by atoms with van der Waals surface area (Å²) in [5.41, 5.74) is 1.63. The first-order valence-electron chi connectivity index (χ1n) is 6.37.